The molecule has 1 saturated heterocycles. The predicted molar refractivity (Wildman–Crippen MR) is 94.2 cm³/mol. The van der Waals surface area contributed by atoms with E-state index in [0.717, 1.165) is 12.8 Å². The van der Waals surface area contributed by atoms with Crippen LogP contribution >= 0.6 is 0 Å². The van der Waals surface area contributed by atoms with E-state index in [1.54, 1.807) is 30.3 Å². The van der Waals surface area contributed by atoms with Crippen molar-refractivity contribution in [2.45, 2.75) is 37.6 Å². The molecular weight excluding hydrogens is 326 g/mol. The number of sulfonamides is 1. The molecule has 1 aromatic carbocycles. The van der Waals surface area contributed by atoms with Gasteiger partial charge in [-0.3, -0.25) is 9.69 Å². The third-order valence-electron chi connectivity index (χ3n) is 4.21. The highest BCUT2D eigenvalue weighted by molar-refractivity contribution is 7.89. The topological polar surface area (TPSA) is 69.7 Å². The molecular formula is C17H27N3O3S. The second-order valence-electron chi connectivity index (χ2n) is 6.25. The second kappa shape index (κ2) is 8.60. The van der Waals surface area contributed by atoms with Crippen LogP contribution in [0.5, 0.6) is 0 Å². The maximum atomic E-state index is 12.6. The van der Waals surface area contributed by atoms with E-state index in [0.29, 0.717) is 37.6 Å². The summed E-state index contributed by atoms with van der Waals surface area (Å²) in [7, 11) is -3.43. The first-order valence-electron chi connectivity index (χ1n) is 8.50. The van der Waals surface area contributed by atoms with Crippen LogP contribution in [0.4, 0.5) is 0 Å². The van der Waals surface area contributed by atoms with Crippen molar-refractivity contribution in [1.29, 1.82) is 0 Å². The van der Waals surface area contributed by atoms with Crippen molar-refractivity contribution in [3.8, 4) is 0 Å². The molecule has 1 heterocycles. The van der Waals surface area contributed by atoms with Crippen LogP contribution in [0.1, 0.15) is 26.7 Å². The molecule has 1 N–H and O–H groups in total. The minimum Gasteiger partial charge on any atom is -0.353 e. The summed E-state index contributed by atoms with van der Waals surface area (Å²) in [6, 6.07) is 8.67. The van der Waals surface area contributed by atoms with Crippen LogP contribution in [-0.4, -0.2) is 62.3 Å². The lowest BCUT2D eigenvalue weighted by Crippen LogP contribution is -2.51. The number of hydrogen-bond acceptors (Lipinski definition) is 4. The van der Waals surface area contributed by atoms with Gasteiger partial charge in [-0.05, 0) is 25.5 Å². The maximum Gasteiger partial charge on any atom is 0.243 e. The lowest BCUT2D eigenvalue weighted by molar-refractivity contribution is -0.123. The molecule has 0 bridgehead atoms. The first-order chi connectivity index (χ1) is 11.4. The summed E-state index contributed by atoms with van der Waals surface area (Å²) >= 11 is 0. The summed E-state index contributed by atoms with van der Waals surface area (Å²) in [5, 5.41) is 2.98. The van der Waals surface area contributed by atoms with E-state index in [9.17, 15) is 13.2 Å². The van der Waals surface area contributed by atoms with E-state index in [2.05, 4.69) is 12.2 Å². The Morgan fingerprint density at radius 1 is 1.17 bits per heavy atom. The standard InChI is InChI=1S/C17H27N3O3S/c1-3-7-15(2)18-17(21)14-19-10-12-20(13-11-19)24(22,23)16-8-5-4-6-9-16/h4-6,8-9,15H,3,7,10-14H2,1-2H3,(H,18,21)/t15-/m0/s1. The average Bonchev–Trinajstić information content (AvgIpc) is 2.56. The number of carbonyl (C=O) groups is 1. The van der Waals surface area contributed by atoms with Crippen molar-refractivity contribution in [1.82, 2.24) is 14.5 Å². The highest BCUT2D eigenvalue weighted by Crippen LogP contribution is 2.17. The molecule has 1 aromatic rings. The minimum atomic E-state index is -3.43. The highest BCUT2D eigenvalue weighted by atomic mass is 32.2. The van der Waals surface area contributed by atoms with Gasteiger partial charge in [-0.1, -0.05) is 31.5 Å². The number of piperazine rings is 1. The van der Waals surface area contributed by atoms with Crippen LogP contribution in [0.3, 0.4) is 0 Å². The van der Waals surface area contributed by atoms with E-state index in [1.807, 2.05) is 11.8 Å². The van der Waals surface area contributed by atoms with Crippen LogP contribution in [0.15, 0.2) is 35.2 Å². The summed E-state index contributed by atoms with van der Waals surface area (Å²) in [5.41, 5.74) is 0. The molecule has 0 aromatic heterocycles. The number of nitrogens with one attached hydrogen (secondary N) is 1. The Balaban J connectivity index is 1.84. The van der Waals surface area contributed by atoms with E-state index in [-0.39, 0.29) is 11.9 Å². The quantitative estimate of drug-likeness (QED) is 0.802. The number of hydrogen-bond donors (Lipinski definition) is 1. The van der Waals surface area contributed by atoms with Gasteiger partial charge in [0, 0.05) is 32.2 Å². The fraction of sp³-hybridized carbons (Fsp3) is 0.588. The number of rotatable bonds is 7. The lowest BCUT2D eigenvalue weighted by Gasteiger charge is -2.33. The molecule has 1 amide bonds. The second-order valence-corrected chi connectivity index (χ2v) is 8.19. The first kappa shape index (κ1) is 18.9. The lowest BCUT2D eigenvalue weighted by atomic mass is 10.2. The molecule has 7 heteroatoms. The van der Waals surface area contributed by atoms with Gasteiger partial charge in [0.05, 0.1) is 11.4 Å². The number of benzene rings is 1. The van der Waals surface area contributed by atoms with E-state index >= 15 is 0 Å². The molecule has 0 aliphatic carbocycles. The molecule has 1 fully saturated rings. The Hall–Kier alpha value is -1.44. The van der Waals surface area contributed by atoms with Gasteiger partial charge in [0.15, 0.2) is 0 Å². The fourth-order valence-electron chi connectivity index (χ4n) is 2.90. The Morgan fingerprint density at radius 3 is 2.38 bits per heavy atom. The zero-order valence-corrected chi connectivity index (χ0v) is 15.3. The molecule has 6 nitrogen and oxygen atoms in total. The van der Waals surface area contributed by atoms with Gasteiger partial charge < -0.3 is 5.32 Å². The van der Waals surface area contributed by atoms with E-state index in [4.69, 9.17) is 0 Å². The first-order valence-corrected chi connectivity index (χ1v) is 9.94. The van der Waals surface area contributed by atoms with Crippen LogP contribution in [0.25, 0.3) is 0 Å². The smallest absolute Gasteiger partial charge is 0.243 e. The molecule has 0 saturated carbocycles. The van der Waals surface area contributed by atoms with Gasteiger partial charge in [-0.15, -0.1) is 0 Å². The average molecular weight is 353 g/mol. The number of amides is 1. The van der Waals surface area contributed by atoms with Crippen molar-refractivity contribution in [2.75, 3.05) is 32.7 Å². The molecule has 0 spiro atoms. The Bertz CT molecular complexity index is 626. The molecule has 0 radical (unpaired) electrons. The van der Waals surface area contributed by atoms with Crippen molar-refractivity contribution >= 4 is 15.9 Å². The fourth-order valence-corrected chi connectivity index (χ4v) is 4.34. The monoisotopic (exact) mass is 353 g/mol. The summed E-state index contributed by atoms with van der Waals surface area (Å²) in [5.74, 6) is 0.00955. The van der Waals surface area contributed by atoms with Crippen LogP contribution in [-0.2, 0) is 14.8 Å². The molecule has 1 aliphatic rings. The number of nitrogens with zero attached hydrogens (tertiary/aromatic N) is 2. The molecule has 24 heavy (non-hydrogen) atoms. The highest BCUT2D eigenvalue weighted by Gasteiger charge is 2.28. The maximum absolute atomic E-state index is 12.6. The van der Waals surface area contributed by atoms with Crippen molar-refractivity contribution in [3.63, 3.8) is 0 Å². The SMILES string of the molecule is CCC[C@H](C)NC(=O)CN1CCN(S(=O)(=O)c2ccccc2)CC1. The third kappa shape index (κ3) is 5.03. The summed E-state index contributed by atoms with van der Waals surface area (Å²) < 4.78 is 26.6. The molecule has 1 aliphatic heterocycles. The third-order valence-corrected chi connectivity index (χ3v) is 6.12. The Kier molecular flexibility index (Phi) is 6.77. The summed E-state index contributed by atoms with van der Waals surface area (Å²) in [4.78, 5) is 14.3. The van der Waals surface area contributed by atoms with Gasteiger partial charge in [0.25, 0.3) is 0 Å². The summed E-state index contributed by atoms with van der Waals surface area (Å²) in [6.45, 7) is 6.39. The van der Waals surface area contributed by atoms with Gasteiger partial charge in [-0.25, -0.2) is 8.42 Å². The van der Waals surface area contributed by atoms with E-state index in [1.165, 1.54) is 4.31 Å². The van der Waals surface area contributed by atoms with Crippen LogP contribution in [0.2, 0.25) is 0 Å². The minimum absolute atomic E-state index is 0.00955. The predicted octanol–water partition coefficient (Wildman–Crippen LogP) is 1.30. The van der Waals surface area contributed by atoms with Gasteiger partial charge in [0.1, 0.15) is 0 Å². The molecule has 2 rings (SSSR count). The van der Waals surface area contributed by atoms with E-state index < -0.39 is 10.0 Å². The van der Waals surface area contributed by atoms with Crippen molar-refractivity contribution < 1.29 is 13.2 Å². The number of carbonyl (C=O) groups excluding carboxylic acids is 1. The molecule has 0 unspecified atom stereocenters. The largest absolute Gasteiger partial charge is 0.353 e. The normalized spacial score (nSPS) is 18.2. The van der Waals surface area contributed by atoms with Crippen LogP contribution < -0.4 is 5.32 Å². The molecule has 134 valence electrons. The van der Waals surface area contributed by atoms with Crippen molar-refractivity contribution in [2.24, 2.45) is 0 Å². The van der Waals surface area contributed by atoms with Gasteiger partial charge in [0.2, 0.25) is 15.9 Å². The Morgan fingerprint density at radius 2 is 1.79 bits per heavy atom. The Labute approximate surface area is 144 Å². The zero-order chi connectivity index (χ0) is 17.6. The summed E-state index contributed by atoms with van der Waals surface area (Å²) in [6.07, 6.45) is 2.01. The van der Waals surface area contributed by atoms with Crippen molar-refractivity contribution in [3.05, 3.63) is 30.3 Å². The van der Waals surface area contributed by atoms with Crippen LogP contribution in [0, 0.1) is 0 Å². The zero-order valence-electron chi connectivity index (χ0n) is 14.4. The van der Waals surface area contributed by atoms with Gasteiger partial charge in [-0.2, -0.15) is 4.31 Å². The molecule has 1 atom stereocenters. The van der Waals surface area contributed by atoms with Gasteiger partial charge >= 0.3 is 0 Å².